The van der Waals surface area contributed by atoms with Crippen LogP contribution in [0.15, 0.2) is 18.3 Å². The van der Waals surface area contributed by atoms with Crippen molar-refractivity contribution in [1.29, 1.82) is 0 Å². The summed E-state index contributed by atoms with van der Waals surface area (Å²) in [5.41, 5.74) is 0.196. The summed E-state index contributed by atoms with van der Waals surface area (Å²) in [6.07, 6.45) is 1.45. The molecule has 0 aliphatic carbocycles. The minimum Gasteiger partial charge on any atom is -0.478 e. The molecule has 1 heterocycles. The van der Waals surface area contributed by atoms with Crippen molar-refractivity contribution in [3.05, 3.63) is 23.9 Å². The van der Waals surface area contributed by atoms with Gasteiger partial charge in [0.1, 0.15) is 5.82 Å². The van der Waals surface area contributed by atoms with Gasteiger partial charge < -0.3 is 15.5 Å². The number of aromatic nitrogens is 1. The normalized spacial score (nSPS) is 14.2. The largest absolute Gasteiger partial charge is 0.478 e. The zero-order chi connectivity index (χ0) is 12.1. The Morgan fingerprint density at radius 3 is 2.81 bits per heavy atom. The van der Waals surface area contributed by atoms with E-state index in [0.717, 1.165) is 0 Å². The molecular formula is C11H16N2O3. The van der Waals surface area contributed by atoms with Gasteiger partial charge in [-0.3, -0.25) is 0 Å². The summed E-state index contributed by atoms with van der Waals surface area (Å²) in [4.78, 5) is 14.8. The number of carboxylic acids is 1. The van der Waals surface area contributed by atoms with Gasteiger partial charge in [0.2, 0.25) is 0 Å². The zero-order valence-electron chi connectivity index (χ0n) is 9.34. The lowest BCUT2D eigenvalue weighted by atomic mass is 10.1. The topological polar surface area (TPSA) is 82.5 Å². The number of pyridine rings is 1. The van der Waals surface area contributed by atoms with E-state index in [2.05, 4.69) is 10.3 Å². The Labute approximate surface area is 94.1 Å². The molecule has 1 aromatic rings. The molecule has 1 rings (SSSR count). The van der Waals surface area contributed by atoms with Crippen LogP contribution in [0.25, 0.3) is 0 Å². The van der Waals surface area contributed by atoms with Gasteiger partial charge in [0.15, 0.2) is 0 Å². The highest BCUT2D eigenvalue weighted by molar-refractivity contribution is 5.88. The Balaban J connectivity index is 2.74. The second-order valence-corrected chi connectivity index (χ2v) is 3.83. The molecule has 5 nitrogen and oxygen atoms in total. The average Bonchev–Trinajstić information content (AvgIpc) is 2.28. The van der Waals surface area contributed by atoms with Crippen molar-refractivity contribution < 1.29 is 15.0 Å². The second-order valence-electron chi connectivity index (χ2n) is 3.83. The Bertz CT molecular complexity index is 368. The lowest BCUT2D eigenvalue weighted by molar-refractivity contribution is 0.0697. The molecule has 0 fully saturated rings. The second kappa shape index (κ2) is 5.46. The number of anilines is 1. The lowest BCUT2D eigenvalue weighted by Gasteiger charge is -2.19. The van der Waals surface area contributed by atoms with E-state index in [9.17, 15) is 4.79 Å². The fraction of sp³-hybridized carbons (Fsp3) is 0.455. The standard InChI is InChI=1S/C11H16N2O3/c1-7(6-14)8(2)13-10-5-9(11(15)16)3-4-12-10/h3-5,7-8,14H,6H2,1-2H3,(H,12,13)(H,15,16). The number of carboxylic acid groups (broad SMARTS) is 1. The molecule has 0 spiro atoms. The average molecular weight is 224 g/mol. The summed E-state index contributed by atoms with van der Waals surface area (Å²) in [5, 5.41) is 20.8. The molecule has 88 valence electrons. The molecule has 0 aromatic carbocycles. The number of carbonyl (C=O) groups is 1. The van der Waals surface area contributed by atoms with Crippen LogP contribution in [0.4, 0.5) is 5.82 Å². The summed E-state index contributed by atoms with van der Waals surface area (Å²) in [7, 11) is 0. The predicted octanol–water partition coefficient (Wildman–Crippen LogP) is 1.21. The van der Waals surface area contributed by atoms with E-state index in [4.69, 9.17) is 10.2 Å². The van der Waals surface area contributed by atoms with Crippen LogP contribution in [0.3, 0.4) is 0 Å². The molecule has 3 N–H and O–H groups in total. The van der Waals surface area contributed by atoms with E-state index < -0.39 is 5.97 Å². The Kier molecular flexibility index (Phi) is 4.25. The van der Waals surface area contributed by atoms with Crippen LogP contribution >= 0.6 is 0 Å². The fourth-order valence-electron chi connectivity index (χ4n) is 1.18. The molecular weight excluding hydrogens is 208 g/mol. The van der Waals surface area contributed by atoms with Gasteiger partial charge in [-0.25, -0.2) is 9.78 Å². The first kappa shape index (κ1) is 12.4. The van der Waals surface area contributed by atoms with Crippen LogP contribution in [-0.4, -0.2) is 33.8 Å². The molecule has 0 radical (unpaired) electrons. The van der Waals surface area contributed by atoms with E-state index in [0.29, 0.717) is 5.82 Å². The molecule has 16 heavy (non-hydrogen) atoms. The van der Waals surface area contributed by atoms with Crippen molar-refractivity contribution >= 4 is 11.8 Å². The molecule has 0 aliphatic heterocycles. The highest BCUT2D eigenvalue weighted by atomic mass is 16.4. The molecule has 2 unspecified atom stereocenters. The van der Waals surface area contributed by atoms with Crippen LogP contribution in [-0.2, 0) is 0 Å². The number of nitrogens with one attached hydrogen (secondary N) is 1. The molecule has 0 bridgehead atoms. The molecule has 0 saturated heterocycles. The van der Waals surface area contributed by atoms with Crippen LogP contribution in [0, 0.1) is 5.92 Å². The smallest absolute Gasteiger partial charge is 0.335 e. The van der Waals surface area contributed by atoms with Crippen molar-refractivity contribution in [3.63, 3.8) is 0 Å². The van der Waals surface area contributed by atoms with E-state index in [1.54, 1.807) is 0 Å². The summed E-state index contributed by atoms with van der Waals surface area (Å²) >= 11 is 0. The van der Waals surface area contributed by atoms with Gasteiger partial charge in [0.25, 0.3) is 0 Å². The molecule has 0 aliphatic rings. The van der Waals surface area contributed by atoms with Gasteiger partial charge in [-0.2, -0.15) is 0 Å². The van der Waals surface area contributed by atoms with Crippen molar-refractivity contribution in [3.8, 4) is 0 Å². The zero-order valence-corrected chi connectivity index (χ0v) is 9.34. The van der Waals surface area contributed by atoms with Gasteiger partial charge in [0.05, 0.1) is 5.56 Å². The summed E-state index contributed by atoms with van der Waals surface area (Å²) in [6, 6.07) is 2.94. The number of aromatic carboxylic acids is 1. The minimum absolute atomic E-state index is 0.0292. The first-order valence-corrected chi connectivity index (χ1v) is 5.11. The number of hydrogen-bond donors (Lipinski definition) is 3. The van der Waals surface area contributed by atoms with Crippen LogP contribution in [0.5, 0.6) is 0 Å². The number of nitrogens with zero attached hydrogens (tertiary/aromatic N) is 1. The molecule has 1 aromatic heterocycles. The summed E-state index contributed by atoms with van der Waals surface area (Å²) < 4.78 is 0. The minimum atomic E-state index is -0.978. The Morgan fingerprint density at radius 1 is 1.56 bits per heavy atom. The quantitative estimate of drug-likeness (QED) is 0.700. The van der Waals surface area contributed by atoms with Crippen LogP contribution in [0.2, 0.25) is 0 Å². The first-order chi connectivity index (χ1) is 7.54. The van der Waals surface area contributed by atoms with Gasteiger partial charge >= 0.3 is 5.97 Å². The maximum atomic E-state index is 10.7. The third kappa shape index (κ3) is 3.20. The van der Waals surface area contributed by atoms with Crippen LogP contribution < -0.4 is 5.32 Å². The van der Waals surface area contributed by atoms with Crippen LogP contribution in [0.1, 0.15) is 24.2 Å². The van der Waals surface area contributed by atoms with Crippen molar-refractivity contribution in [1.82, 2.24) is 4.98 Å². The number of hydrogen-bond acceptors (Lipinski definition) is 4. The molecule has 0 amide bonds. The maximum Gasteiger partial charge on any atom is 0.335 e. The molecule has 2 atom stereocenters. The van der Waals surface area contributed by atoms with E-state index in [1.807, 2.05) is 13.8 Å². The Hall–Kier alpha value is -1.62. The van der Waals surface area contributed by atoms with Crippen molar-refractivity contribution in [2.75, 3.05) is 11.9 Å². The summed E-state index contributed by atoms with van der Waals surface area (Å²) in [6.45, 7) is 3.89. The van der Waals surface area contributed by atoms with E-state index in [-0.39, 0.29) is 24.1 Å². The molecule has 5 heteroatoms. The van der Waals surface area contributed by atoms with E-state index in [1.165, 1.54) is 18.3 Å². The van der Waals surface area contributed by atoms with Gasteiger partial charge in [0, 0.05) is 18.8 Å². The van der Waals surface area contributed by atoms with Crippen molar-refractivity contribution in [2.24, 2.45) is 5.92 Å². The van der Waals surface area contributed by atoms with Gasteiger partial charge in [-0.05, 0) is 25.0 Å². The number of rotatable bonds is 5. The predicted molar refractivity (Wildman–Crippen MR) is 60.5 cm³/mol. The highest BCUT2D eigenvalue weighted by Gasteiger charge is 2.12. The monoisotopic (exact) mass is 224 g/mol. The molecule has 0 saturated carbocycles. The highest BCUT2D eigenvalue weighted by Crippen LogP contribution is 2.11. The SMILES string of the molecule is CC(CO)C(C)Nc1cc(C(=O)O)ccn1. The third-order valence-electron chi connectivity index (χ3n) is 2.52. The van der Waals surface area contributed by atoms with E-state index >= 15 is 0 Å². The maximum absolute atomic E-state index is 10.7. The van der Waals surface area contributed by atoms with Crippen molar-refractivity contribution in [2.45, 2.75) is 19.9 Å². The van der Waals surface area contributed by atoms with Gasteiger partial charge in [-0.1, -0.05) is 6.92 Å². The lowest BCUT2D eigenvalue weighted by Crippen LogP contribution is -2.26. The van der Waals surface area contributed by atoms with Gasteiger partial charge in [-0.15, -0.1) is 0 Å². The number of aliphatic hydroxyl groups excluding tert-OH is 1. The third-order valence-corrected chi connectivity index (χ3v) is 2.52. The fourth-order valence-corrected chi connectivity index (χ4v) is 1.18. The number of aliphatic hydroxyl groups is 1. The first-order valence-electron chi connectivity index (χ1n) is 5.11. The Morgan fingerprint density at radius 2 is 2.25 bits per heavy atom. The summed E-state index contributed by atoms with van der Waals surface area (Å²) in [5.74, 6) is -0.392.